The highest BCUT2D eigenvalue weighted by Crippen LogP contribution is 2.17. The Hall–Kier alpha value is -1.00. The zero-order valence-corrected chi connectivity index (χ0v) is 6.91. The van der Waals surface area contributed by atoms with E-state index in [0.717, 1.165) is 0 Å². The van der Waals surface area contributed by atoms with Crippen LogP contribution < -0.4 is 5.73 Å². The summed E-state index contributed by atoms with van der Waals surface area (Å²) in [4.78, 5) is 10.3. The molecule has 1 aromatic heterocycles. The van der Waals surface area contributed by atoms with Crippen LogP contribution in [0.3, 0.4) is 0 Å². The highest BCUT2D eigenvalue weighted by atomic mass is 35.5. The molecule has 5 heteroatoms. The number of carboxylic acid groups (broad SMARTS) is 1. The van der Waals surface area contributed by atoms with Gasteiger partial charge >= 0.3 is 5.97 Å². The first kappa shape index (κ1) is 9.09. The van der Waals surface area contributed by atoms with Gasteiger partial charge in [-0.2, -0.15) is 0 Å². The van der Waals surface area contributed by atoms with Crippen molar-refractivity contribution in [3.05, 3.63) is 23.1 Å². The van der Waals surface area contributed by atoms with E-state index in [9.17, 15) is 4.79 Å². The first-order valence-electron chi connectivity index (χ1n) is 3.31. The van der Waals surface area contributed by atoms with E-state index in [2.05, 4.69) is 0 Å². The summed E-state index contributed by atoms with van der Waals surface area (Å²) in [5.74, 6) is -1.05. The van der Waals surface area contributed by atoms with Crippen molar-refractivity contribution in [2.75, 3.05) is 0 Å². The number of halogens is 1. The van der Waals surface area contributed by atoms with E-state index in [4.69, 9.17) is 26.9 Å². The smallest absolute Gasteiger partial charge is 0.320 e. The number of carbonyl (C=O) groups is 1. The maximum atomic E-state index is 10.3. The van der Waals surface area contributed by atoms with Crippen LogP contribution in [0.25, 0.3) is 0 Å². The van der Waals surface area contributed by atoms with Crippen LogP contribution in [0.2, 0.25) is 5.22 Å². The van der Waals surface area contributed by atoms with E-state index in [1.807, 2.05) is 0 Å². The lowest BCUT2D eigenvalue weighted by atomic mass is 10.1. The highest BCUT2D eigenvalue weighted by Gasteiger charge is 2.14. The zero-order valence-electron chi connectivity index (χ0n) is 6.16. The van der Waals surface area contributed by atoms with E-state index in [1.54, 1.807) is 6.07 Å². The number of hydrogen-bond acceptors (Lipinski definition) is 3. The Morgan fingerprint density at radius 3 is 2.92 bits per heavy atom. The van der Waals surface area contributed by atoms with Gasteiger partial charge in [0.25, 0.3) is 0 Å². The van der Waals surface area contributed by atoms with Crippen molar-refractivity contribution >= 4 is 17.6 Å². The van der Waals surface area contributed by atoms with Gasteiger partial charge in [-0.1, -0.05) is 0 Å². The summed E-state index contributed by atoms with van der Waals surface area (Å²) in [6.45, 7) is 0. The van der Waals surface area contributed by atoms with Gasteiger partial charge in [0.15, 0.2) is 5.22 Å². The van der Waals surface area contributed by atoms with Crippen molar-refractivity contribution in [3.63, 3.8) is 0 Å². The molecule has 1 rings (SSSR count). The van der Waals surface area contributed by atoms with Gasteiger partial charge in [-0.05, 0) is 17.7 Å². The minimum atomic E-state index is -1.05. The first-order chi connectivity index (χ1) is 5.61. The summed E-state index contributed by atoms with van der Waals surface area (Å²) in [5.41, 5.74) is 5.89. The Kier molecular flexibility index (Phi) is 2.73. The summed E-state index contributed by atoms with van der Waals surface area (Å²) in [7, 11) is 0. The Balaban J connectivity index is 2.64. The summed E-state index contributed by atoms with van der Waals surface area (Å²) in [6.07, 6.45) is 1.58. The maximum Gasteiger partial charge on any atom is 0.320 e. The van der Waals surface area contributed by atoms with Crippen molar-refractivity contribution in [1.82, 2.24) is 0 Å². The molecule has 0 fully saturated rings. The van der Waals surface area contributed by atoms with Crippen molar-refractivity contribution in [1.29, 1.82) is 0 Å². The van der Waals surface area contributed by atoms with Gasteiger partial charge in [-0.25, -0.2) is 0 Å². The summed E-state index contributed by atoms with van der Waals surface area (Å²) < 4.78 is 4.76. The lowest BCUT2D eigenvalue weighted by molar-refractivity contribution is -0.138. The fourth-order valence-electron chi connectivity index (χ4n) is 0.790. The SMILES string of the molecule is NC(Cc1ccoc1Cl)C(=O)O. The molecule has 0 saturated heterocycles. The molecule has 3 N–H and O–H groups in total. The molecule has 0 amide bonds. The molecule has 0 saturated carbocycles. The molecule has 0 aliphatic carbocycles. The van der Waals surface area contributed by atoms with Gasteiger partial charge < -0.3 is 15.3 Å². The lowest BCUT2D eigenvalue weighted by Gasteiger charge is -2.02. The monoisotopic (exact) mass is 189 g/mol. The molecule has 4 nitrogen and oxygen atoms in total. The highest BCUT2D eigenvalue weighted by molar-refractivity contribution is 6.29. The molecule has 0 spiro atoms. The van der Waals surface area contributed by atoms with Gasteiger partial charge in [-0.3, -0.25) is 4.79 Å². The number of hydrogen-bond donors (Lipinski definition) is 2. The van der Waals surface area contributed by atoms with Crippen LogP contribution in [0.15, 0.2) is 16.7 Å². The molecular formula is C7H8ClNO3. The second kappa shape index (κ2) is 3.60. The van der Waals surface area contributed by atoms with Crippen LogP contribution in [0.5, 0.6) is 0 Å². The van der Waals surface area contributed by atoms with Crippen LogP contribution in [-0.4, -0.2) is 17.1 Å². The molecule has 12 heavy (non-hydrogen) atoms. The van der Waals surface area contributed by atoms with Gasteiger partial charge in [-0.15, -0.1) is 0 Å². The molecule has 0 radical (unpaired) electrons. The number of carboxylic acids is 1. The van der Waals surface area contributed by atoms with Gasteiger partial charge in [0.1, 0.15) is 6.04 Å². The van der Waals surface area contributed by atoms with Crippen LogP contribution in [-0.2, 0) is 11.2 Å². The third-order valence-corrected chi connectivity index (χ3v) is 1.78. The number of rotatable bonds is 3. The van der Waals surface area contributed by atoms with Crippen LogP contribution in [0, 0.1) is 0 Å². The normalized spacial score (nSPS) is 12.8. The molecule has 66 valence electrons. The predicted octanol–water partition coefficient (Wildman–Crippen LogP) is 0.887. The summed E-state index contributed by atoms with van der Waals surface area (Å²) in [6, 6.07) is 0.672. The molecule has 1 aromatic rings. The standard InChI is InChI=1S/C7H8ClNO3/c8-6-4(1-2-12-6)3-5(9)7(10)11/h1-2,5H,3,9H2,(H,10,11). The third-order valence-electron chi connectivity index (χ3n) is 1.45. The van der Waals surface area contributed by atoms with E-state index < -0.39 is 12.0 Å². The van der Waals surface area contributed by atoms with Gasteiger partial charge in [0, 0.05) is 12.0 Å². The molecule has 0 bridgehead atoms. The van der Waals surface area contributed by atoms with Crippen LogP contribution >= 0.6 is 11.6 Å². The lowest BCUT2D eigenvalue weighted by Crippen LogP contribution is -2.32. The maximum absolute atomic E-state index is 10.3. The third kappa shape index (κ3) is 1.99. The topological polar surface area (TPSA) is 76.5 Å². The average Bonchev–Trinajstić information content (AvgIpc) is 2.36. The van der Waals surface area contributed by atoms with Crippen molar-refractivity contribution < 1.29 is 14.3 Å². The fraction of sp³-hybridized carbons (Fsp3) is 0.286. The van der Waals surface area contributed by atoms with E-state index in [0.29, 0.717) is 5.56 Å². The van der Waals surface area contributed by atoms with E-state index in [-0.39, 0.29) is 11.6 Å². The first-order valence-corrected chi connectivity index (χ1v) is 3.69. The van der Waals surface area contributed by atoms with E-state index in [1.165, 1.54) is 6.26 Å². The molecule has 1 heterocycles. The second-order valence-corrected chi connectivity index (χ2v) is 2.71. The molecule has 0 aromatic carbocycles. The van der Waals surface area contributed by atoms with Crippen molar-refractivity contribution in [3.8, 4) is 0 Å². The Morgan fingerprint density at radius 2 is 2.50 bits per heavy atom. The minimum Gasteiger partial charge on any atom is -0.480 e. The number of nitrogens with two attached hydrogens (primary N) is 1. The molecular weight excluding hydrogens is 182 g/mol. The number of aliphatic carboxylic acids is 1. The quantitative estimate of drug-likeness (QED) is 0.740. The van der Waals surface area contributed by atoms with Crippen molar-refractivity contribution in [2.24, 2.45) is 5.73 Å². The molecule has 0 aliphatic heterocycles. The second-order valence-electron chi connectivity index (χ2n) is 2.37. The zero-order chi connectivity index (χ0) is 9.14. The van der Waals surface area contributed by atoms with E-state index >= 15 is 0 Å². The Bertz CT molecular complexity index is 284. The Morgan fingerprint density at radius 1 is 1.83 bits per heavy atom. The largest absolute Gasteiger partial charge is 0.480 e. The average molecular weight is 190 g/mol. The fourth-order valence-corrected chi connectivity index (χ4v) is 0.981. The van der Waals surface area contributed by atoms with Crippen LogP contribution in [0.4, 0.5) is 0 Å². The minimum absolute atomic E-state index is 0.185. The van der Waals surface area contributed by atoms with Crippen LogP contribution in [0.1, 0.15) is 5.56 Å². The molecule has 1 atom stereocenters. The molecule has 0 aliphatic rings. The molecule has 1 unspecified atom stereocenters. The predicted molar refractivity (Wildman–Crippen MR) is 43.0 cm³/mol. The number of furan rings is 1. The van der Waals surface area contributed by atoms with Crippen molar-refractivity contribution in [2.45, 2.75) is 12.5 Å². The van der Waals surface area contributed by atoms with Gasteiger partial charge in [0.2, 0.25) is 0 Å². The summed E-state index contributed by atoms with van der Waals surface area (Å²) >= 11 is 5.57. The summed E-state index contributed by atoms with van der Waals surface area (Å²) in [5, 5.41) is 8.67. The Labute approximate surface area is 73.9 Å². The van der Waals surface area contributed by atoms with Gasteiger partial charge in [0.05, 0.1) is 6.26 Å².